The maximum absolute atomic E-state index is 12.7. The van der Waals surface area contributed by atoms with Crippen LogP contribution >= 0.6 is 0 Å². The number of hydrogen-bond acceptors (Lipinski definition) is 10. The van der Waals surface area contributed by atoms with Gasteiger partial charge < -0.3 is 32.7 Å². The molecule has 0 bridgehead atoms. The first-order valence-electron chi connectivity index (χ1n) is 10.5. The third-order valence-corrected chi connectivity index (χ3v) is 5.47. The molecule has 31 heavy (non-hydrogen) atoms. The number of piperidine rings is 2. The van der Waals surface area contributed by atoms with Gasteiger partial charge in [-0.15, -0.1) is 0 Å². The van der Waals surface area contributed by atoms with E-state index in [1.165, 1.54) is 0 Å². The molecule has 0 radical (unpaired) electrons. The number of aromatic nitrogens is 3. The molecule has 0 spiro atoms. The first-order chi connectivity index (χ1) is 14.9. The van der Waals surface area contributed by atoms with Crippen molar-refractivity contribution in [2.45, 2.75) is 37.0 Å². The van der Waals surface area contributed by atoms with E-state index in [-0.39, 0.29) is 36.0 Å². The molecule has 1 aromatic heterocycles. The van der Waals surface area contributed by atoms with Crippen LogP contribution in [0.2, 0.25) is 0 Å². The highest BCUT2D eigenvalue weighted by atomic mass is 16.1. The molecule has 11 heteroatoms. The van der Waals surface area contributed by atoms with Crippen molar-refractivity contribution in [3.63, 3.8) is 0 Å². The van der Waals surface area contributed by atoms with E-state index in [2.05, 4.69) is 20.3 Å². The largest absolute Gasteiger partial charge is 0.338 e. The number of amides is 1. The van der Waals surface area contributed by atoms with Crippen LogP contribution in [0, 0.1) is 0 Å². The molecule has 1 aromatic carbocycles. The molecule has 9 N–H and O–H groups in total. The van der Waals surface area contributed by atoms with Crippen LogP contribution in [-0.4, -0.2) is 71.2 Å². The van der Waals surface area contributed by atoms with Crippen LogP contribution in [0.25, 0.3) is 0 Å². The second-order valence-corrected chi connectivity index (χ2v) is 8.40. The van der Waals surface area contributed by atoms with Gasteiger partial charge in [0.1, 0.15) is 0 Å². The lowest BCUT2D eigenvalue weighted by Gasteiger charge is -2.36. The SMILES string of the molecule is N[C@@H]1C[C@H](N)CN(c2nc(NC(=O)c3ccccc3)nc(N3C[C@H](N)C[C@H](N)C3)n2)C1. The van der Waals surface area contributed by atoms with E-state index in [0.29, 0.717) is 43.6 Å². The molecule has 2 aromatic rings. The number of benzene rings is 1. The summed E-state index contributed by atoms with van der Waals surface area (Å²) in [6.07, 6.45) is 1.48. The topological polar surface area (TPSA) is 178 Å². The molecular weight excluding hydrogens is 396 g/mol. The minimum absolute atomic E-state index is 0.0804. The Morgan fingerprint density at radius 3 is 1.68 bits per heavy atom. The molecular formula is C20H30N10O. The predicted molar refractivity (Wildman–Crippen MR) is 120 cm³/mol. The number of carbonyl (C=O) groups excluding carboxylic acids is 1. The Balaban J connectivity index is 1.65. The minimum atomic E-state index is -0.303. The number of nitrogens with one attached hydrogen (secondary N) is 1. The molecule has 0 saturated carbocycles. The molecule has 0 aliphatic carbocycles. The highest BCUT2D eigenvalue weighted by Gasteiger charge is 2.29. The first kappa shape index (κ1) is 21.4. The summed E-state index contributed by atoms with van der Waals surface area (Å²) in [7, 11) is 0. The zero-order valence-corrected chi connectivity index (χ0v) is 17.4. The second-order valence-electron chi connectivity index (χ2n) is 8.40. The summed E-state index contributed by atoms with van der Waals surface area (Å²) in [5.41, 5.74) is 25.1. The fourth-order valence-electron chi connectivity index (χ4n) is 4.14. The van der Waals surface area contributed by atoms with Crippen molar-refractivity contribution in [3.05, 3.63) is 35.9 Å². The van der Waals surface area contributed by atoms with Gasteiger partial charge in [-0.1, -0.05) is 18.2 Å². The van der Waals surface area contributed by atoms with Crippen LogP contribution in [0.1, 0.15) is 23.2 Å². The van der Waals surface area contributed by atoms with Crippen molar-refractivity contribution >= 4 is 23.8 Å². The lowest BCUT2D eigenvalue weighted by molar-refractivity contribution is 0.102. The minimum Gasteiger partial charge on any atom is -0.338 e. The van der Waals surface area contributed by atoms with Gasteiger partial charge >= 0.3 is 0 Å². The summed E-state index contributed by atoms with van der Waals surface area (Å²) >= 11 is 0. The number of nitrogens with zero attached hydrogens (tertiary/aromatic N) is 5. The van der Waals surface area contributed by atoms with Gasteiger partial charge in [0.25, 0.3) is 5.91 Å². The lowest BCUT2D eigenvalue weighted by atomic mass is 10.0. The molecule has 0 unspecified atom stereocenters. The predicted octanol–water partition coefficient (Wildman–Crippen LogP) is -1.15. The molecule has 1 amide bonds. The monoisotopic (exact) mass is 426 g/mol. The van der Waals surface area contributed by atoms with Gasteiger partial charge in [0.05, 0.1) is 0 Å². The van der Waals surface area contributed by atoms with Gasteiger partial charge in [0, 0.05) is 55.9 Å². The molecule has 2 fully saturated rings. The van der Waals surface area contributed by atoms with Crippen molar-refractivity contribution < 1.29 is 4.79 Å². The second kappa shape index (κ2) is 9.10. The summed E-state index contributed by atoms with van der Waals surface area (Å²) in [6.45, 7) is 2.29. The van der Waals surface area contributed by atoms with Crippen molar-refractivity contribution in [3.8, 4) is 0 Å². The van der Waals surface area contributed by atoms with Gasteiger partial charge in [0.2, 0.25) is 17.8 Å². The molecule has 2 aliphatic rings. The van der Waals surface area contributed by atoms with Crippen molar-refractivity contribution in [2.75, 3.05) is 41.3 Å². The third-order valence-electron chi connectivity index (χ3n) is 5.47. The normalized spacial score (nSPS) is 26.6. The van der Waals surface area contributed by atoms with Gasteiger partial charge in [-0.25, -0.2) is 0 Å². The zero-order valence-electron chi connectivity index (χ0n) is 17.4. The third kappa shape index (κ3) is 5.25. The smallest absolute Gasteiger partial charge is 0.258 e. The summed E-state index contributed by atoms with van der Waals surface area (Å²) in [5, 5.41) is 2.78. The average molecular weight is 427 g/mol. The Morgan fingerprint density at radius 1 is 0.774 bits per heavy atom. The molecule has 3 heterocycles. The van der Waals surface area contributed by atoms with Gasteiger partial charge in [-0.2, -0.15) is 15.0 Å². The standard InChI is InChI=1S/C20H30N10O/c21-13-6-14(22)9-29(8-13)19-26-18(25-17(31)12-4-2-1-3-5-12)27-20(28-19)30-10-15(23)7-16(24)11-30/h1-5,13-16H,6-11,21-24H2,(H,25,26,27,28,31)/t13-,14+,15-,16+. The Labute approximate surface area is 181 Å². The Bertz CT molecular complexity index is 846. The fraction of sp³-hybridized carbons (Fsp3) is 0.500. The van der Waals surface area contributed by atoms with Crippen LogP contribution in [0.4, 0.5) is 17.8 Å². The molecule has 4 atom stereocenters. The quantitative estimate of drug-likeness (QED) is 0.401. The number of anilines is 3. The van der Waals surface area contributed by atoms with E-state index in [1.807, 2.05) is 15.9 Å². The zero-order chi connectivity index (χ0) is 22.0. The van der Waals surface area contributed by atoms with Gasteiger partial charge in [-0.3, -0.25) is 10.1 Å². The van der Waals surface area contributed by atoms with Crippen molar-refractivity contribution in [1.29, 1.82) is 0 Å². The summed E-state index contributed by atoms with van der Waals surface area (Å²) in [5.74, 6) is 0.704. The van der Waals surface area contributed by atoms with E-state index < -0.39 is 0 Å². The molecule has 4 rings (SSSR count). The van der Waals surface area contributed by atoms with E-state index in [1.54, 1.807) is 24.3 Å². The van der Waals surface area contributed by atoms with E-state index in [4.69, 9.17) is 22.9 Å². The number of hydrogen-bond donors (Lipinski definition) is 5. The number of carbonyl (C=O) groups is 1. The fourth-order valence-corrected chi connectivity index (χ4v) is 4.14. The molecule has 2 saturated heterocycles. The summed E-state index contributed by atoms with van der Waals surface area (Å²) < 4.78 is 0. The molecule has 2 aliphatic heterocycles. The lowest BCUT2D eigenvalue weighted by Crippen LogP contribution is -2.54. The van der Waals surface area contributed by atoms with Gasteiger partial charge in [0.15, 0.2) is 0 Å². The summed E-state index contributed by atoms with van der Waals surface area (Å²) in [4.78, 5) is 30.2. The number of rotatable bonds is 4. The highest BCUT2D eigenvalue weighted by Crippen LogP contribution is 2.22. The molecule has 166 valence electrons. The number of nitrogens with two attached hydrogens (primary N) is 4. The first-order valence-corrected chi connectivity index (χ1v) is 10.5. The van der Waals surface area contributed by atoms with Crippen molar-refractivity contribution in [2.24, 2.45) is 22.9 Å². The van der Waals surface area contributed by atoms with Crippen LogP contribution < -0.4 is 38.1 Å². The van der Waals surface area contributed by atoms with Crippen LogP contribution in [-0.2, 0) is 0 Å². The van der Waals surface area contributed by atoms with Crippen LogP contribution in [0.3, 0.4) is 0 Å². The Kier molecular flexibility index (Phi) is 6.28. The van der Waals surface area contributed by atoms with Crippen molar-refractivity contribution in [1.82, 2.24) is 15.0 Å². The average Bonchev–Trinajstić information content (AvgIpc) is 2.73. The van der Waals surface area contributed by atoms with E-state index in [9.17, 15) is 4.79 Å². The van der Waals surface area contributed by atoms with Crippen LogP contribution in [0.15, 0.2) is 30.3 Å². The van der Waals surface area contributed by atoms with E-state index >= 15 is 0 Å². The maximum Gasteiger partial charge on any atom is 0.258 e. The van der Waals surface area contributed by atoms with E-state index in [0.717, 1.165) is 12.8 Å². The Hall–Kier alpha value is -2.86. The Morgan fingerprint density at radius 2 is 1.23 bits per heavy atom. The van der Waals surface area contributed by atoms with Gasteiger partial charge in [-0.05, 0) is 25.0 Å². The maximum atomic E-state index is 12.7. The van der Waals surface area contributed by atoms with Crippen LogP contribution in [0.5, 0.6) is 0 Å². The molecule has 11 nitrogen and oxygen atoms in total. The highest BCUT2D eigenvalue weighted by molar-refractivity contribution is 6.03. The summed E-state index contributed by atoms with van der Waals surface area (Å²) in [6, 6.07) is 8.57.